The summed E-state index contributed by atoms with van der Waals surface area (Å²) in [5.41, 5.74) is 7.67. The van der Waals surface area contributed by atoms with Crippen molar-refractivity contribution in [2.24, 2.45) is 0 Å². The van der Waals surface area contributed by atoms with Crippen LogP contribution in [0.25, 0.3) is 0 Å². The molecule has 6 heteroatoms. The summed E-state index contributed by atoms with van der Waals surface area (Å²) in [6.07, 6.45) is 0. The van der Waals surface area contributed by atoms with E-state index in [0.29, 0.717) is 31.0 Å². The molecule has 108 valence electrons. The van der Waals surface area contributed by atoms with Crippen molar-refractivity contribution in [3.05, 3.63) is 23.3 Å². The maximum absolute atomic E-state index is 12.5. The van der Waals surface area contributed by atoms with Crippen molar-refractivity contribution in [2.45, 2.75) is 25.7 Å². The summed E-state index contributed by atoms with van der Waals surface area (Å²) in [6, 6.07) is 3.60. The average Bonchev–Trinajstić information content (AvgIpc) is 2.34. The molecular formula is C13H22N2O3S. The predicted octanol–water partition coefficient (Wildman–Crippen LogP) is 1.54. The number of nitrogens with zero attached hydrogens (tertiary/aromatic N) is 1. The van der Waals surface area contributed by atoms with E-state index in [1.165, 1.54) is 11.4 Å². The number of hydrogen-bond acceptors (Lipinski definition) is 4. The predicted molar refractivity (Wildman–Crippen MR) is 76.6 cm³/mol. The fourth-order valence-electron chi connectivity index (χ4n) is 1.76. The Hall–Kier alpha value is -1.11. The molecule has 0 aromatic heterocycles. The fraction of sp³-hybridized carbons (Fsp3) is 0.538. The van der Waals surface area contributed by atoms with E-state index in [1.54, 1.807) is 19.9 Å². The van der Waals surface area contributed by atoms with Gasteiger partial charge < -0.3 is 10.5 Å². The third-order valence-electron chi connectivity index (χ3n) is 3.03. The highest BCUT2D eigenvalue weighted by atomic mass is 32.2. The third kappa shape index (κ3) is 3.46. The Morgan fingerprint density at radius 1 is 1.26 bits per heavy atom. The van der Waals surface area contributed by atoms with Crippen molar-refractivity contribution in [3.63, 3.8) is 0 Å². The van der Waals surface area contributed by atoms with Crippen molar-refractivity contribution in [1.29, 1.82) is 0 Å². The molecule has 0 saturated carbocycles. The van der Waals surface area contributed by atoms with Crippen LogP contribution >= 0.6 is 0 Å². The molecule has 0 unspecified atom stereocenters. The lowest BCUT2D eigenvalue weighted by atomic mass is 10.1. The van der Waals surface area contributed by atoms with Crippen LogP contribution in [0.2, 0.25) is 0 Å². The van der Waals surface area contributed by atoms with Gasteiger partial charge >= 0.3 is 0 Å². The first-order chi connectivity index (χ1) is 8.82. The SMILES string of the molecule is CCOCCN(C)S(=O)(=O)c1c(C)ccc(C)c1N. The zero-order chi connectivity index (χ0) is 14.6. The topological polar surface area (TPSA) is 72.6 Å². The Morgan fingerprint density at radius 3 is 2.42 bits per heavy atom. The second-order valence-corrected chi connectivity index (χ2v) is 6.45. The second-order valence-electron chi connectivity index (χ2n) is 4.47. The van der Waals surface area contributed by atoms with Crippen molar-refractivity contribution >= 4 is 15.7 Å². The summed E-state index contributed by atoms with van der Waals surface area (Å²) >= 11 is 0. The largest absolute Gasteiger partial charge is 0.397 e. The first-order valence-electron chi connectivity index (χ1n) is 6.22. The van der Waals surface area contributed by atoms with Crippen LogP contribution in [0.4, 0.5) is 5.69 Å². The summed E-state index contributed by atoms with van der Waals surface area (Å²) in [4.78, 5) is 0.200. The monoisotopic (exact) mass is 286 g/mol. The van der Waals surface area contributed by atoms with Crippen molar-refractivity contribution in [1.82, 2.24) is 4.31 Å². The number of sulfonamides is 1. The van der Waals surface area contributed by atoms with E-state index in [9.17, 15) is 8.42 Å². The third-order valence-corrected chi connectivity index (χ3v) is 5.09. The zero-order valence-corrected chi connectivity index (χ0v) is 12.8. The van der Waals surface area contributed by atoms with E-state index in [2.05, 4.69) is 0 Å². The van der Waals surface area contributed by atoms with Crippen molar-refractivity contribution in [3.8, 4) is 0 Å². The Bertz CT molecular complexity index is 541. The van der Waals surface area contributed by atoms with Crippen LogP contribution < -0.4 is 5.73 Å². The molecule has 1 aromatic rings. The standard InChI is InChI=1S/C13H22N2O3S/c1-5-18-9-8-15(4)19(16,17)13-11(3)7-6-10(2)12(13)14/h6-7H,5,8-9,14H2,1-4H3. The number of nitrogen functional groups attached to an aromatic ring is 1. The summed E-state index contributed by atoms with van der Waals surface area (Å²) in [7, 11) is -2.04. The summed E-state index contributed by atoms with van der Waals surface area (Å²) in [6.45, 7) is 6.67. The molecule has 0 amide bonds. The molecule has 5 nitrogen and oxygen atoms in total. The molecule has 0 aliphatic carbocycles. The quantitative estimate of drug-likeness (QED) is 0.636. The summed E-state index contributed by atoms with van der Waals surface area (Å²) < 4.78 is 31.5. The van der Waals surface area contributed by atoms with Gasteiger partial charge in [-0.3, -0.25) is 0 Å². The fourth-order valence-corrected chi connectivity index (χ4v) is 3.30. The number of rotatable bonds is 6. The van der Waals surface area contributed by atoms with Crippen LogP contribution in [-0.2, 0) is 14.8 Å². The smallest absolute Gasteiger partial charge is 0.245 e. The molecule has 0 bridgehead atoms. The Labute approximate surface area is 115 Å². The number of nitrogens with two attached hydrogens (primary N) is 1. The first kappa shape index (κ1) is 15.9. The highest BCUT2D eigenvalue weighted by Crippen LogP contribution is 2.28. The van der Waals surface area contributed by atoms with Crippen LogP contribution in [-0.4, -0.2) is 39.5 Å². The van der Waals surface area contributed by atoms with Gasteiger partial charge in [-0.2, -0.15) is 4.31 Å². The van der Waals surface area contributed by atoms with Gasteiger partial charge in [0.1, 0.15) is 4.90 Å². The number of hydrogen-bond donors (Lipinski definition) is 1. The minimum atomic E-state index is -3.57. The van der Waals surface area contributed by atoms with E-state index in [0.717, 1.165) is 5.56 Å². The van der Waals surface area contributed by atoms with Crippen LogP contribution in [0.3, 0.4) is 0 Å². The molecule has 19 heavy (non-hydrogen) atoms. The average molecular weight is 286 g/mol. The molecule has 0 radical (unpaired) electrons. The second kappa shape index (κ2) is 6.36. The molecule has 0 saturated heterocycles. The van der Waals surface area contributed by atoms with E-state index in [1.807, 2.05) is 13.0 Å². The van der Waals surface area contributed by atoms with Gasteiger partial charge in [-0.05, 0) is 31.9 Å². The van der Waals surface area contributed by atoms with Gasteiger partial charge in [0.05, 0.1) is 12.3 Å². The number of anilines is 1. The first-order valence-corrected chi connectivity index (χ1v) is 7.66. The van der Waals surface area contributed by atoms with E-state index < -0.39 is 10.0 Å². The van der Waals surface area contributed by atoms with Crippen LogP contribution in [0.15, 0.2) is 17.0 Å². The maximum Gasteiger partial charge on any atom is 0.245 e. The lowest BCUT2D eigenvalue weighted by Gasteiger charge is -2.20. The molecule has 1 aromatic carbocycles. The molecule has 0 aliphatic rings. The van der Waals surface area contributed by atoms with Gasteiger partial charge in [0.2, 0.25) is 10.0 Å². The lowest BCUT2D eigenvalue weighted by Crippen LogP contribution is -2.31. The Balaban J connectivity index is 3.10. The van der Waals surface area contributed by atoms with Gasteiger partial charge in [0.25, 0.3) is 0 Å². The minimum Gasteiger partial charge on any atom is -0.397 e. The molecule has 0 spiro atoms. The highest BCUT2D eigenvalue weighted by molar-refractivity contribution is 7.89. The number of ether oxygens (including phenoxy) is 1. The van der Waals surface area contributed by atoms with Gasteiger partial charge in [-0.25, -0.2) is 8.42 Å². The summed E-state index contributed by atoms with van der Waals surface area (Å²) in [5, 5.41) is 0. The number of likely N-dealkylation sites (N-methyl/N-ethyl adjacent to an activating group) is 1. The molecule has 0 fully saturated rings. The van der Waals surface area contributed by atoms with E-state index >= 15 is 0 Å². The van der Waals surface area contributed by atoms with Crippen LogP contribution in [0.1, 0.15) is 18.1 Å². The zero-order valence-electron chi connectivity index (χ0n) is 11.9. The minimum absolute atomic E-state index is 0.200. The van der Waals surface area contributed by atoms with E-state index in [4.69, 9.17) is 10.5 Å². The molecular weight excluding hydrogens is 264 g/mol. The number of aryl methyl sites for hydroxylation is 2. The molecule has 1 rings (SSSR count). The van der Waals surface area contributed by atoms with Crippen LogP contribution in [0, 0.1) is 13.8 Å². The van der Waals surface area contributed by atoms with Gasteiger partial charge in [-0.15, -0.1) is 0 Å². The normalized spacial score (nSPS) is 12.1. The lowest BCUT2D eigenvalue weighted by molar-refractivity contribution is 0.138. The summed E-state index contributed by atoms with van der Waals surface area (Å²) in [5.74, 6) is 0. The molecule has 0 aliphatic heterocycles. The van der Waals surface area contributed by atoms with Gasteiger partial charge in [-0.1, -0.05) is 12.1 Å². The molecule has 0 atom stereocenters. The van der Waals surface area contributed by atoms with Gasteiger partial charge in [0, 0.05) is 20.2 Å². The van der Waals surface area contributed by atoms with Crippen molar-refractivity contribution < 1.29 is 13.2 Å². The Morgan fingerprint density at radius 2 is 1.84 bits per heavy atom. The van der Waals surface area contributed by atoms with Gasteiger partial charge in [0.15, 0.2) is 0 Å². The number of benzene rings is 1. The van der Waals surface area contributed by atoms with E-state index in [-0.39, 0.29) is 4.90 Å². The maximum atomic E-state index is 12.5. The van der Waals surface area contributed by atoms with Crippen LogP contribution in [0.5, 0.6) is 0 Å². The highest BCUT2D eigenvalue weighted by Gasteiger charge is 2.25. The molecule has 0 heterocycles. The van der Waals surface area contributed by atoms with Crippen molar-refractivity contribution in [2.75, 3.05) is 32.5 Å². The Kier molecular flexibility index (Phi) is 5.34. The molecule has 2 N–H and O–H groups in total.